The molecule has 1 amide bonds. The zero-order valence-corrected chi connectivity index (χ0v) is 15.3. The number of amides is 1. The van der Waals surface area contributed by atoms with E-state index in [0.29, 0.717) is 13.1 Å². The normalized spacial score (nSPS) is 20.0. The fraction of sp³-hybridized carbons (Fsp3) is 0.882. The smallest absolute Gasteiger partial charge is 0.223 e. The molecule has 0 aromatic rings. The van der Waals surface area contributed by atoms with Crippen molar-refractivity contribution in [2.45, 2.75) is 26.7 Å². The van der Waals surface area contributed by atoms with E-state index >= 15 is 0 Å². The molecule has 1 heterocycles. The highest BCUT2D eigenvalue weighted by atomic mass is 16.2. The maximum Gasteiger partial charge on any atom is 0.223 e. The van der Waals surface area contributed by atoms with E-state index in [2.05, 4.69) is 44.6 Å². The van der Waals surface area contributed by atoms with E-state index in [1.165, 1.54) is 13.1 Å². The molecule has 0 radical (unpaired) electrons. The van der Waals surface area contributed by atoms with Crippen LogP contribution in [0.3, 0.4) is 0 Å². The van der Waals surface area contributed by atoms with Gasteiger partial charge in [-0.25, -0.2) is 0 Å². The van der Waals surface area contributed by atoms with Crippen LogP contribution in [-0.4, -0.2) is 87.1 Å². The van der Waals surface area contributed by atoms with Crippen LogP contribution in [0.15, 0.2) is 4.99 Å². The average molecular weight is 339 g/mol. The SMILES string of the molecule is CCNC(=NCCN1CCN(CC)CC1)NCCNC(=O)C1CC1. The molecular formula is C17H34N6O. The summed E-state index contributed by atoms with van der Waals surface area (Å²) in [5.74, 6) is 1.32. The zero-order valence-electron chi connectivity index (χ0n) is 15.3. The Labute approximate surface area is 146 Å². The van der Waals surface area contributed by atoms with Crippen molar-refractivity contribution in [3.05, 3.63) is 0 Å². The minimum atomic E-state index is 0.199. The van der Waals surface area contributed by atoms with E-state index in [4.69, 9.17) is 0 Å². The number of hydrogen-bond donors (Lipinski definition) is 3. The number of nitrogens with one attached hydrogen (secondary N) is 3. The zero-order chi connectivity index (χ0) is 17.2. The lowest BCUT2D eigenvalue weighted by Crippen LogP contribution is -2.47. The molecule has 0 unspecified atom stereocenters. The van der Waals surface area contributed by atoms with Crippen molar-refractivity contribution in [2.75, 3.05) is 65.4 Å². The summed E-state index contributed by atoms with van der Waals surface area (Å²) in [5, 5.41) is 9.51. The second-order valence-corrected chi connectivity index (χ2v) is 6.53. The minimum absolute atomic E-state index is 0.199. The summed E-state index contributed by atoms with van der Waals surface area (Å²) in [6, 6.07) is 0. The topological polar surface area (TPSA) is 72.0 Å². The second kappa shape index (κ2) is 10.5. The van der Waals surface area contributed by atoms with Gasteiger partial charge in [0.1, 0.15) is 0 Å². The Morgan fingerprint density at radius 2 is 1.67 bits per heavy atom. The summed E-state index contributed by atoms with van der Waals surface area (Å²) in [4.78, 5) is 21.2. The first-order chi connectivity index (χ1) is 11.7. The Balaban J connectivity index is 1.59. The van der Waals surface area contributed by atoms with E-state index in [-0.39, 0.29) is 11.8 Å². The summed E-state index contributed by atoms with van der Waals surface area (Å²) in [5.41, 5.74) is 0. The molecule has 1 saturated carbocycles. The van der Waals surface area contributed by atoms with Crippen molar-refractivity contribution in [1.82, 2.24) is 25.8 Å². The maximum absolute atomic E-state index is 11.6. The van der Waals surface area contributed by atoms with E-state index in [0.717, 1.165) is 58.1 Å². The Morgan fingerprint density at radius 3 is 2.29 bits per heavy atom. The molecule has 0 atom stereocenters. The number of guanidine groups is 1. The number of rotatable bonds is 9. The number of piperazine rings is 1. The van der Waals surface area contributed by atoms with Gasteiger partial charge in [0, 0.05) is 58.3 Å². The van der Waals surface area contributed by atoms with Crippen molar-refractivity contribution < 1.29 is 4.79 Å². The number of carbonyl (C=O) groups excluding carboxylic acids is 1. The molecule has 2 aliphatic rings. The second-order valence-electron chi connectivity index (χ2n) is 6.53. The van der Waals surface area contributed by atoms with Crippen LogP contribution in [0.1, 0.15) is 26.7 Å². The molecule has 1 aliphatic carbocycles. The average Bonchev–Trinajstić information content (AvgIpc) is 3.44. The molecule has 0 aromatic heterocycles. The van der Waals surface area contributed by atoms with E-state index in [9.17, 15) is 4.79 Å². The third kappa shape index (κ3) is 7.05. The van der Waals surface area contributed by atoms with Gasteiger partial charge in [-0.05, 0) is 26.3 Å². The monoisotopic (exact) mass is 338 g/mol. The van der Waals surface area contributed by atoms with Crippen molar-refractivity contribution in [2.24, 2.45) is 10.9 Å². The predicted octanol–water partition coefficient (Wildman–Crippen LogP) is -0.295. The standard InChI is InChI=1S/C17H34N6O/c1-3-18-17(20-8-7-19-16(24)15-5-6-15)21-9-10-23-13-11-22(4-2)12-14-23/h15H,3-14H2,1-2H3,(H,19,24)(H2,18,20,21). The number of carbonyl (C=O) groups is 1. The van der Waals surface area contributed by atoms with Crippen LogP contribution in [0, 0.1) is 5.92 Å². The van der Waals surface area contributed by atoms with Gasteiger partial charge >= 0.3 is 0 Å². The van der Waals surface area contributed by atoms with E-state index in [1.807, 2.05) is 0 Å². The number of nitrogens with zero attached hydrogens (tertiary/aromatic N) is 3. The lowest BCUT2D eigenvalue weighted by Gasteiger charge is -2.33. The van der Waals surface area contributed by atoms with Gasteiger partial charge in [0.25, 0.3) is 0 Å². The van der Waals surface area contributed by atoms with Gasteiger partial charge in [0.05, 0.1) is 6.54 Å². The summed E-state index contributed by atoms with van der Waals surface area (Å²) < 4.78 is 0. The molecule has 138 valence electrons. The van der Waals surface area contributed by atoms with Gasteiger partial charge in [-0.3, -0.25) is 14.7 Å². The van der Waals surface area contributed by atoms with Gasteiger partial charge < -0.3 is 20.9 Å². The Morgan fingerprint density at radius 1 is 1.00 bits per heavy atom. The third-order valence-corrected chi connectivity index (χ3v) is 4.61. The fourth-order valence-corrected chi connectivity index (χ4v) is 2.83. The number of likely N-dealkylation sites (N-methyl/N-ethyl adjacent to an activating group) is 1. The molecular weight excluding hydrogens is 304 g/mol. The first-order valence-corrected chi connectivity index (χ1v) is 9.47. The lowest BCUT2D eigenvalue weighted by atomic mass is 10.3. The Hall–Kier alpha value is -1.34. The molecule has 24 heavy (non-hydrogen) atoms. The minimum Gasteiger partial charge on any atom is -0.357 e. The summed E-state index contributed by atoms with van der Waals surface area (Å²) in [6.07, 6.45) is 2.10. The molecule has 0 aromatic carbocycles. The molecule has 7 nitrogen and oxygen atoms in total. The summed E-state index contributed by atoms with van der Waals surface area (Å²) >= 11 is 0. The fourth-order valence-electron chi connectivity index (χ4n) is 2.83. The quantitative estimate of drug-likeness (QED) is 0.306. The van der Waals surface area contributed by atoms with E-state index in [1.54, 1.807) is 0 Å². The van der Waals surface area contributed by atoms with Gasteiger partial charge in [-0.15, -0.1) is 0 Å². The molecule has 2 rings (SSSR count). The highest BCUT2D eigenvalue weighted by molar-refractivity contribution is 5.81. The van der Waals surface area contributed by atoms with Gasteiger partial charge in [-0.1, -0.05) is 6.92 Å². The van der Waals surface area contributed by atoms with Crippen LogP contribution in [0.2, 0.25) is 0 Å². The van der Waals surface area contributed by atoms with Crippen molar-refractivity contribution >= 4 is 11.9 Å². The van der Waals surface area contributed by atoms with Crippen LogP contribution < -0.4 is 16.0 Å². The van der Waals surface area contributed by atoms with Gasteiger partial charge in [-0.2, -0.15) is 0 Å². The molecule has 2 fully saturated rings. The van der Waals surface area contributed by atoms with Crippen molar-refractivity contribution in [1.29, 1.82) is 0 Å². The first-order valence-electron chi connectivity index (χ1n) is 9.47. The molecule has 7 heteroatoms. The van der Waals surface area contributed by atoms with Gasteiger partial charge in [0.2, 0.25) is 5.91 Å². The molecule has 0 bridgehead atoms. The Bertz CT molecular complexity index is 402. The van der Waals surface area contributed by atoms with Crippen molar-refractivity contribution in [3.63, 3.8) is 0 Å². The molecule has 1 aliphatic heterocycles. The molecule has 1 saturated heterocycles. The van der Waals surface area contributed by atoms with Crippen LogP contribution >= 0.6 is 0 Å². The predicted molar refractivity (Wildman–Crippen MR) is 98.3 cm³/mol. The van der Waals surface area contributed by atoms with Crippen LogP contribution in [0.5, 0.6) is 0 Å². The Kier molecular flexibility index (Phi) is 8.32. The third-order valence-electron chi connectivity index (χ3n) is 4.61. The van der Waals surface area contributed by atoms with Crippen LogP contribution in [0.4, 0.5) is 0 Å². The lowest BCUT2D eigenvalue weighted by molar-refractivity contribution is -0.122. The highest BCUT2D eigenvalue weighted by Gasteiger charge is 2.28. The van der Waals surface area contributed by atoms with Gasteiger partial charge in [0.15, 0.2) is 5.96 Å². The number of aliphatic imine (C=N–C) groups is 1. The van der Waals surface area contributed by atoms with E-state index < -0.39 is 0 Å². The van der Waals surface area contributed by atoms with Crippen LogP contribution in [-0.2, 0) is 4.79 Å². The number of hydrogen-bond acceptors (Lipinski definition) is 4. The van der Waals surface area contributed by atoms with Crippen molar-refractivity contribution in [3.8, 4) is 0 Å². The first kappa shape index (κ1) is 19.0. The molecule has 0 spiro atoms. The van der Waals surface area contributed by atoms with Crippen LogP contribution in [0.25, 0.3) is 0 Å². The maximum atomic E-state index is 11.6. The summed E-state index contributed by atoms with van der Waals surface area (Å²) in [7, 11) is 0. The highest BCUT2D eigenvalue weighted by Crippen LogP contribution is 2.28. The largest absolute Gasteiger partial charge is 0.357 e. The molecule has 3 N–H and O–H groups in total. The summed E-state index contributed by atoms with van der Waals surface area (Å²) in [6.45, 7) is 14.1.